The van der Waals surface area contributed by atoms with Crippen LogP contribution in [0, 0.1) is 5.92 Å². The van der Waals surface area contributed by atoms with Gasteiger partial charge < -0.3 is 15.4 Å². The summed E-state index contributed by atoms with van der Waals surface area (Å²) >= 11 is 5.90. The number of methoxy groups -OCH3 is 1. The molecule has 0 saturated heterocycles. The second-order valence-corrected chi connectivity index (χ2v) is 4.97. The first kappa shape index (κ1) is 15.9. The maximum absolute atomic E-state index is 5.90. The number of ether oxygens (including phenoxy) is 1. The van der Waals surface area contributed by atoms with Gasteiger partial charge in [0.05, 0.1) is 12.6 Å². The zero-order valence-corrected chi connectivity index (χ0v) is 12.7. The Balaban J connectivity index is 2.78. The molecule has 108 valence electrons. The monoisotopic (exact) mass is 287 g/mol. The number of hydrogen-bond donors (Lipinski definition) is 2. The number of rotatable bonds is 8. The minimum absolute atomic E-state index is 0.127. The second-order valence-electron chi connectivity index (χ2n) is 4.63. The fourth-order valence-corrected chi connectivity index (χ4v) is 1.64. The molecule has 0 aliphatic rings. The van der Waals surface area contributed by atoms with Gasteiger partial charge in [-0.3, -0.25) is 0 Å². The average molecular weight is 288 g/mol. The van der Waals surface area contributed by atoms with Crippen LogP contribution in [0.2, 0.25) is 5.28 Å². The van der Waals surface area contributed by atoms with E-state index in [1.54, 1.807) is 7.11 Å². The number of hydrogen-bond acceptors (Lipinski definition) is 6. The molecule has 2 N–H and O–H groups in total. The second kappa shape index (κ2) is 8.12. The molecule has 1 heterocycles. The van der Waals surface area contributed by atoms with E-state index in [-0.39, 0.29) is 11.3 Å². The van der Waals surface area contributed by atoms with Crippen LogP contribution in [0.3, 0.4) is 0 Å². The molecular weight excluding hydrogens is 266 g/mol. The number of anilines is 2. The Morgan fingerprint density at radius 3 is 2.47 bits per heavy atom. The van der Waals surface area contributed by atoms with Gasteiger partial charge in [0.1, 0.15) is 0 Å². The van der Waals surface area contributed by atoms with Crippen LogP contribution < -0.4 is 10.6 Å². The summed E-state index contributed by atoms with van der Waals surface area (Å²) in [5.74, 6) is 1.35. The molecule has 6 nitrogen and oxygen atoms in total. The largest absolute Gasteiger partial charge is 0.383 e. The minimum Gasteiger partial charge on any atom is -0.383 e. The summed E-state index contributed by atoms with van der Waals surface area (Å²) in [6, 6.07) is 0.127. The van der Waals surface area contributed by atoms with Crippen LogP contribution in [0.1, 0.15) is 27.2 Å². The molecule has 19 heavy (non-hydrogen) atoms. The van der Waals surface area contributed by atoms with Crippen molar-refractivity contribution < 1.29 is 4.74 Å². The Labute approximate surface area is 119 Å². The van der Waals surface area contributed by atoms with E-state index in [2.05, 4.69) is 46.4 Å². The van der Waals surface area contributed by atoms with Crippen molar-refractivity contribution in [2.24, 2.45) is 5.92 Å². The molecule has 1 rings (SSSR count). The Hall–Kier alpha value is -1.14. The van der Waals surface area contributed by atoms with Gasteiger partial charge in [-0.15, -0.1) is 0 Å². The van der Waals surface area contributed by atoms with Crippen molar-refractivity contribution in [3.8, 4) is 0 Å². The summed E-state index contributed by atoms with van der Waals surface area (Å²) in [5, 5.41) is 6.49. The van der Waals surface area contributed by atoms with Gasteiger partial charge in [0, 0.05) is 13.7 Å². The van der Waals surface area contributed by atoms with Crippen molar-refractivity contribution in [1.82, 2.24) is 15.0 Å². The number of halogens is 1. The van der Waals surface area contributed by atoms with Crippen LogP contribution in [0.15, 0.2) is 0 Å². The zero-order chi connectivity index (χ0) is 14.3. The number of nitrogens with zero attached hydrogens (tertiary/aromatic N) is 3. The molecular formula is C12H22ClN5O. The van der Waals surface area contributed by atoms with E-state index in [0.717, 1.165) is 13.0 Å². The zero-order valence-electron chi connectivity index (χ0n) is 11.9. The summed E-state index contributed by atoms with van der Waals surface area (Å²) < 4.78 is 5.18. The maximum Gasteiger partial charge on any atom is 0.229 e. The summed E-state index contributed by atoms with van der Waals surface area (Å²) in [6.07, 6.45) is 0.990. The van der Waals surface area contributed by atoms with Crippen molar-refractivity contribution in [1.29, 1.82) is 0 Å². The van der Waals surface area contributed by atoms with Crippen LogP contribution in [-0.2, 0) is 4.74 Å². The third-order valence-electron chi connectivity index (χ3n) is 2.61. The van der Waals surface area contributed by atoms with E-state index in [4.69, 9.17) is 16.3 Å². The first-order valence-electron chi connectivity index (χ1n) is 6.47. The maximum atomic E-state index is 5.90. The minimum atomic E-state index is 0.127. The Morgan fingerprint density at radius 1 is 1.21 bits per heavy atom. The summed E-state index contributed by atoms with van der Waals surface area (Å²) in [5.41, 5.74) is 0. The molecule has 0 radical (unpaired) electrons. The fourth-order valence-electron chi connectivity index (χ4n) is 1.48. The van der Waals surface area contributed by atoms with Crippen molar-refractivity contribution in [3.63, 3.8) is 0 Å². The molecule has 0 fully saturated rings. The lowest BCUT2D eigenvalue weighted by molar-refractivity contribution is 0.171. The van der Waals surface area contributed by atoms with Gasteiger partial charge in [-0.1, -0.05) is 20.8 Å². The summed E-state index contributed by atoms with van der Waals surface area (Å²) in [6.45, 7) is 7.66. The molecule has 1 unspecified atom stereocenters. The fraction of sp³-hybridized carbons (Fsp3) is 0.750. The summed E-state index contributed by atoms with van der Waals surface area (Å²) in [4.78, 5) is 12.4. The van der Waals surface area contributed by atoms with Crippen molar-refractivity contribution in [2.45, 2.75) is 33.2 Å². The highest BCUT2D eigenvalue weighted by Crippen LogP contribution is 2.13. The van der Waals surface area contributed by atoms with Crippen LogP contribution in [0.4, 0.5) is 11.9 Å². The molecule has 0 saturated carbocycles. The van der Waals surface area contributed by atoms with Gasteiger partial charge in [-0.2, -0.15) is 15.0 Å². The van der Waals surface area contributed by atoms with Crippen molar-refractivity contribution in [2.75, 3.05) is 30.9 Å². The Morgan fingerprint density at radius 2 is 1.89 bits per heavy atom. The van der Waals surface area contributed by atoms with Gasteiger partial charge in [0.25, 0.3) is 0 Å². The first-order chi connectivity index (χ1) is 9.06. The molecule has 1 aromatic rings. The van der Waals surface area contributed by atoms with Crippen LogP contribution in [0.25, 0.3) is 0 Å². The van der Waals surface area contributed by atoms with E-state index >= 15 is 0 Å². The smallest absolute Gasteiger partial charge is 0.229 e. The lowest BCUT2D eigenvalue weighted by Gasteiger charge is -2.21. The molecule has 0 bridgehead atoms. The molecule has 0 aliphatic carbocycles. The predicted octanol–water partition coefficient (Wildman–Crippen LogP) is 2.43. The summed E-state index contributed by atoms with van der Waals surface area (Å²) in [7, 11) is 1.67. The van der Waals surface area contributed by atoms with E-state index in [0.29, 0.717) is 24.4 Å². The molecule has 0 aliphatic heterocycles. The highest BCUT2D eigenvalue weighted by Gasteiger charge is 2.15. The van der Waals surface area contributed by atoms with Crippen LogP contribution in [0.5, 0.6) is 0 Å². The van der Waals surface area contributed by atoms with Gasteiger partial charge in [-0.25, -0.2) is 0 Å². The molecule has 7 heteroatoms. The SMILES string of the molecule is CCCNc1nc(Cl)nc(NC(COC)C(C)C)n1. The van der Waals surface area contributed by atoms with E-state index < -0.39 is 0 Å². The highest BCUT2D eigenvalue weighted by atomic mass is 35.5. The third kappa shape index (κ3) is 5.57. The number of nitrogens with one attached hydrogen (secondary N) is 2. The Kier molecular flexibility index (Phi) is 6.80. The number of aromatic nitrogens is 3. The molecule has 1 atom stereocenters. The Bertz CT molecular complexity index is 388. The molecule has 0 spiro atoms. The third-order valence-corrected chi connectivity index (χ3v) is 2.78. The van der Waals surface area contributed by atoms with Gasteiger partial charge in [0.2, 0.25) is 17.2 Å². The standard InChI is InChI=1S/C12H22ClN5O/c1-5-6-14-11-16-10(13)17-12(18-11)15-9(7-19-4)8(2)3/h8-9H,5-7H2,1-4H3,(H2,14,15,16,17,18). The van der Waals surface area contributed by atoms with Gasteiger partial charge >= 0.3 is 0 Å². The van der Waals surface area contributed by atoms with Crippen molar-refractivity contribution >= 4 is 23.5 Å². The average Bonchev–Trinajstić information content (AvgIpc) is 2.35. The molecule has 1 aromatic heterocycles. The van der Waals surface area contributed by atoms with E-state index in [9.17, 15) is 0 Å². The lowest BCUT2D eigenvalue weighted by atomic mass is 10.1. The van der Waals surface area contributed by atoms with Gasteiger partial charge in [-0.05, 0) is 23.9 Å². The lowest BCUT2D eigenvalue weighted by Crippen LogP contribution is -2.31. The first-order valence-corrected chi connectivity index (χ1v) is 6.85. The van der Waals surface area contributed by atoms with Crippen LogP contribution >= 0.6 is 11.6 Å². The van der Waals surface area contributed by atoms with Gasteiger partial charge in [0.15, 0.2) is 0 Å². The normalized spacial score (nSPS) is 12.5. The van der Waals surface area contributed by atoms with E-state index in [1.807, 2.05) is 0 Å². The molecule has 0 aromatic carbocycles. The topological polar surface area (TPSA) is 72.0 Å². The van der Waals surface area contributed by atoms with Crippen molar-refractivity contribution in [3.05, 3.63) is 5.28 Å². The quantitative estimate of drug-likeness (QED) is 0.765. The van der Waals surface area contributed by atoms with Crippen LogP contribution in [-0.4, -0.2) is 41.3 Å². The predicted molar refractivity (Wildman–Crippen MR) is 77.7 cm³/mol. The highest BCUT2D eigenvalue weighted by molar-refractivity contribution is 6.28. The molecule has 0 amide bonds. The van der Waals surface area contributed by atoms with E-state index in [1.165, 1.54) is 0 Å².